The quantitative estimate of drug-likeness (QED) is 0.847. The van der Waals surface area contributed by atoms with Crippen LogP contribution >= 0.6 is 0 Å². The van der Waals surface area contributed by atoms with E-state index in [1.54, 1.807) is 0 Å². The Morgan fingerprint density at radius 3 is 2.32 bits per heavy atom. The predicted molar refractivity (Wildman–Crippen MR) is 96.6 cm³/mol. The van der Waals surface area contributed by atoms with Gasteiger partial charge in [-0.15, -0.1) is 0 Å². The zero-order chi connectivity index (χ0) is 17.8. The Kier molecular flexibility index (Phi) is 5.74. The van der Waals surface area contributed by atoms with Crippen molar-refractivity contribution in [3.63, 3.8) is 0 Å². The van der Waals surface area contributed by atoms with Crippen LogP contribution in [0.4, 0.5) is 0 Å². The molecule has 2 aliphatic heterocycles. The van der Waals surface area contributed by atoms with E-state index >= 15 is 0 Å². The summed E-state index contributed by atoms with van der Waals surface area (Å²) < 4.78 is 5.51. The van der Waals surface area contributed by atoms with Crippen LogP contribution in [0.3, 0.4) is 0 Å². The van der Waals surface area contributed by atoms with Crippen LogP contribution in [0.25, 0.3) is 0 Å². The van der Waals surface area contributed by atoms with Gasteiger partial charge in [0.2, 0.25) is 0 Å². The average molecular weight is 344 g/mol. The molecule has 2 heterocycles. The second-order valence-corrected chi connectivity index (χ2v) is 7.25. The van der Waals surface area contributed by atoms with Crippen molar-refractivity contribution in [2.24, 2.45) is 0 Å². The number of nitrogens with zero attached hydrogens (tertiary/aromatic N) is 2. The smallest absolute Gasteiger partial charge is 0.253 e. The third-order valence-electron chi connectivity index (χ3n) is 5.12. The molecular formula is C20H28N2O3. The Morgan fingerprint density at radius 2 is 1.68 bits per heavy atom. The Balaban J connectivity index is 1.60. The van der Waals surface area contributed by atoms with E-state index in [2.05, 4.69) is 13.8 Å². The predicted octanol–water partition coefficient (Wildman–Crippen LogP) is 2.66. The van der Waals surface area contributed by atoms with Crippen LogP contribution in [0, 0.1) is 0 Å². The lowest BCUT2D eigenvalue weighted by Gasteiger charge is -2.24. The van der Waals surface area contributed by atoms with E-state index in [0.29, 0.717) is 38.7 Å². The highest BCUT2D eigenvalue weighted by Gasteiger charge is 2.30. The first-order valence-electron chi connectivity index (χ1n) is 9.36. The van der Waals surface area contributed by atoms with Gasteiger partial charge in [-0.25, -0.2) is 0 Å². The van der Waals surface area contributed by atoms with Gasteiger partial charge in [-0.1, -0.05) is 26.0 Å². The van der Waals surface area contributed by atoms with E-state index in [1.807, 2.05) is 34.1 Å². The minimum absolute atomic E-state index is 0.0571. The maximum Gasteiger partial charge on any atom is 0.253 e. The summed E-state index contributed by atoms with van der Waals surface area (Å²) >= 11 is 0. The number of carbonyl (C=O) groups is 2. The van der Waals surface area contributed by atoms with Crippen molar-refractivity contribution in [1.82, 2.24) is 9.80 Å². The van der Waals surface area contributed by atoms with Crippen LogP contribution in [-0.4, -0.2) is 60.5 Å². The van der Waals surface area contributed by atoms with Crippen molar-refractivity contribution < 1.29 is 14.3 Å². The lowest BCUT2D eigenvalue weighted by molar-refractivity contribution is -0.140. The molecule has 2 amide bonds. The molecule has 0 aromatic heterocycles. The molecule has 0 radical (unpaired) electrons. The second kappa shape index (κ2) is 8.00. The van der Waals surface area contributed by atoms with Crippen LogP contribution in [0.1, 0.15) is 54.9 Å². The van der Waals surface area contributed by atoms with Crippen molar-refractivity contribution in [3.05, 3.63) is 35.4 Å². The van der Waals surface area contributed by atoms with Crippen LogP contribution in [0.2, 0.25) is 0 Å². The van der Waals surface area contributed by atoms with Crippen LogP contribution in [0.5, 0.6) is 0 Å². The maximum absolute atomic E-state index is 12.8. The molecule has 2 fully saturated rings. The summed E-state index contributed by atoms with van der Waals surface area (Å²) in [7, 11) is 0. The van der Waals surface area contributed by atoms with Gasteiger partial charge in [0.05, 0.1) is 0 Å². The van der Waals surface area contributed by atoms with E-state index in [1.165, 1.54) is 5.56 Å². The highest BCUT2D eigenvalue weighted by Crippen LogP contribution is 2.18. The number of ether oxygens (including phenoxy) is 1. The molecule has 0 spiro atoms. The number of amides is 2. The SMILES string of the molecule is CC(C)c1ccc(C(=O)N2CCCN(C(=O)C3CCCO3)CC2)cc1. The van der Waals surface area contributed by atoms with Gasteiger partial charge in [-0.2, -0.15) is 0 Å². The number of hydrogen-bond acceptors (Lipinski definition) is 3. The lowest BCUT2D eigenvalue weighted by Crippen LogP contribution is -2.41. The first kappa shape index (κ1) is 17.9. The molecular weight excluding hydrogens is 316 g/mol. The topological polar surface area (TPSA) is 49.9 Å². The fraction of sp³-hybridized carbons (Fsp3) is 0.600. The first-order chi connectivity index (χ1) is 12.1. The minimum atomic E-state index is -0.272. The second-order valence-electron chi connectivity index (χ2n) is 7.25. The Hall–Kier alpha value is -1.88. The van der Waals surface area contributed by atoms with E-state index in [0.717, 1.165) is 24.8 Å². The van der Waals surface area contributed by atoms with Crippen molar-refractivity contribution >= 4 is 11.8 Å². The van der Waals surface area contributed by atoms with Gasteiger partial charge in [0.1, 0.15) is 6.10 Å². The molecule has 1 atom stereocenters. The van der Waals surface area contributed by atoms with Gasteiger partial charge in [-0.3, -0.25) is 9.59 Å². The zero-order valence-corrected chi connectivity index (χ0v) is 15.2. The summed E-state index contributed by atoms with van der Waals surface area (Å²) in [5, 5.41) is 0. The molecule has 1 unspecified atom stereocenters. The van der Waals surface area contributed by atoms with Gasteiger partial charge < -0.3 is 14.5 Å². The van der Waals surface area contributed by atoms with E-state index in [-0.39, 0.29) is 17.9 Å². The summed E-state index contributed by atoms with van der Waals surface area (Å²) in [5.74, 6) is 0.606. The van der Waals surface area contributed by atoms with Gasteiger partial charge >= 0.3 is 0 Å². The van der Waals surface area contributed by atoms with Crippen LogP contribution in [0.15, 0.2) is 24.3 Å². The van der Waals surface area contributed by atoms with Crippen molar-refractivity contribution in [2.45, 2.75) is 45.1 Å². The van der Waals surface area contributed by atoms with Crippen molar-refractivity contribution in [3.8, 4) is 0 Å². The molecule has 0 saturated carbocycles. The van der Waals surface area contributed by atoms with E-state index in [9.17, 15) is 9.59 Å². The first-order valence-corrected chi connectivity index (χ1v) is 9.36. The number of benzene rings is 1. The fourth-order valence-electron chi connectivity index (χ4n) is 3.51. The third kappa shape index (κ3) is 4.21. The van der Waals surface area contributed by atoms with E-state index < -0.39 is 0 Å². The van der Waals surface area contributed by atoms with Gasteiger partial charge in [0.15, 0.2) is 0 Å². The highest BCUT2D eigenvalue weighted by atomic mass is 16.5. The average Bonchev–Trinajstić information content (AvgIpc) is 3.05. The molecule has 2 aliphatic rings. The molecule has 136 valence electrons. The summed E-state index contributed by atoms with van der Waals surface area (Å²) in [5.41, 5.74) is 1.96. The fourth-order valence-corrected chi connectivity index (χ4v) is 3.51. The number of hydrogen-bond donors (Lipinski definition) is 0. The monoisotopic (exact) mass is 344 g/mol. The largest absolute Gasteiger partial charge is 0.368 e. The highest BCUT2D eigenvalue weighted by molar-refractivity contribution is 5.94. The van der Waals surface area contributed by atoms with E-state index in [4.69, 9.17) is 4.74 Å². The van der Waals surface area contributed by atoms with Crippen LogP contribution < -0.4 is 0 Å². The van der Waals surface area contributed by atoms with Gasteiger partial charge in [0.25, 0.3) is 11.8 Å². The molecule has 1 aromatic rings. The van der Waals surface area contributed by atoms with Gasteiger partial charge in [-0.05, 0) is 42.9 Å². The van der Waals surface area contributed by atoms with Crippen LogP contribution in [-0.2, 0) is 9.53 Å². The normalized spacial score (nSPS) is 21.5. The lowest BCUT2D eigenvalue weighted by atomic mass is 10.0. The number of rotatable bonds is 3. The molecule has 3 rings (SSSR count). The molecule has 0 bridgehead atoms. The van der Waals surface area contributed by atoms with Crippen molar-refractivity contribution in [1.29, 1.82) is 0 Å². The molecule has 5 heteroatoms. The summed E-state index contributed by atoms with van der Waals surface area (Å²) in [6, 6.07) is 7.89. The molecule has 0 N–H and O–H groups in total. The van der Waals surface area contributed by atoms with Gasteiger partial charge in [0, 0.05) is 38.3 Å². The Bertz CT molecular complexity index is 606. The zero-order valence-electron chi connectivity index (χ0n) is 15.2. The summed E-state index contributed by atoms with van der Waals surface area (Å²) in [4.78, 5) is 29.0. The summed E-state index contributed by atoms with van der Waals surface area (Å²) in [6.07, 6.45) is 2.32. The Labute approximate surface area is 149 Å². The molecule has 5 nitrogen and oxygen atoms in total. The third-order valence-corrected chi connectivity index (χ3v) is 5.12. The molecule has 0 aliphatic carbocycles. The maximum atomic E-state index is 12.8. The number of carbonyl (C=O) groups excluding carboxylic acids is 2. The standard InChI is InChI=1S/C20H28N2O3/c1-15(2)16-6-8-17(9-7-16)19(23)21-10-4-11-22(13-12-21)20(24)18-5-3-14-25-18/h6-9,15,18H,3-5,10-14H2,1-2H3. The molecule has 1 aromatic carbocycles. The van der Waals surface area contributed by atoms with Crippen molar-refractivity contribution in [2.75, 3.05) is 32.8 Å². The molecule has 25 heavy (non-hydrogen) atoms. The Morgan fingerprint density at radius 1 is 1.00 bits per heavy atom. The molecule has 2 saturated heterocycles. The summed E-state index contributed by atoms with van der Waals surface area (Å²) in [6.45, 7) is 7.55. The minimum Gasteiger partial charge on any atom is -0.368 e.